The highest BCUT2D eigenvalue weighted by atomic mass is 16.5. The molecular formula is C22H30N4O4. The Morgan fingerprint density at radius 3 is 2.60 bits per heavy atom. The van der Waals surface area contributed by atoms with Gasteiger partial charge in [0.25, 0.3) is 0 Å². The van der Waals surface area contributed by atoms with Crippen LogP contribution in [-0.2, 0) is 20.7 Å². The minimum absolute atomic E-state index is 0.129. The summed E-state index contributed by atoms with van der Waals surface area (Å²) in [5.41, 5.74) is 1.26. The molecule has 0 saturated carbocycles. The summed E-state index contributed by atoms with van der Waals surface area (Å²) < 4.78 is 10.6. The predicted octanol–water partition coefficient (Wildman–Crippen LogP) is 2.11. The third-order valence-electron chi connectivity index (χ3n) is 5.04. The maximum Gasteiger partial charge on any atom is 0.239 e. The number of aromatic nitrogens is 1. The van der Waals surface area contributed by atoms with Gasteiger partial charge >= 0.3 is 0 Å². The van der Waals surface area contributed by atoms with Gasteiger partial charge in [-0.1, -0.05) is 35.5 Å². The van der Waals surface area contributed by atoms with E-state index in [1.165, 1.54) is 5.56 Å². The number of anilines is 1. The van der Waals surface area contributed by atoms with E-state index in [1.54, 1.807) is 13.0 Å². The van der Waals surface area contributed by atoms with E-state index in [2.05, 4.69) is 22.6 Å². The van der Waals surface area contributed by atoms with E-state index in [4.69, 9.17) is 9.26 Å². The minimum Gasteiger partial charge on any atom is -0.381 e. The minimum atomic E-state index is -0.129. The number of carbonyl (C=O) groups is 2. The maximum absolute atomic E-state index is 12.4. The molecule has 2 aromatic rings. The number of carbonyl (C=O) groups excluding carboxylic acids is 2. The van der Waals surface area contributed by atoms with Gasteiger partial charge < -0.3 is 19.5 Å². The summed E-state index contributed by atoms with van der Waals surface area (Å²) >= 11 is 0. The molecule has 1 aliphatic heterocycles. The number of hydrogen-bond acceptors (Lipinski definition) is 6. The van der Waals surface area contributed by atoms with Gasteiger partial charge in [-0.2, -0.15) is 0 Å². The normalized spacial score (nSPS) is 14.6. The highest BCUT2D eigenvalue weighted by molar-refractivity contribution is 5.91. The molecule has 1 aromatic heterocycles. The molecule has 1 fully saturated rings. The number of hydrogen-bond donors (Lipinski definition) is 1. The van der Waals surface area contributed by atoms with Gasteiger partial charge in [-0.3, -0.25) is 14.5 Å². The van der Waals surface area contributed by atoms with Gasteiger partial charge in [0.1, 0.15) is 5.76 Å². The summed E-state index contributed by atoms with van der Waals surface area (Å²) in [7, 11) is 0. The summed E-state index contributed by atoms with van der Waals surface area (Å²) in [5.74, 6) is 1.11. The molecule has 1 aliphatic rings. The Balaban J connectivity index is 1.24. The second-order valence-corrected chi connectivity index (χ2v) is 7.48. The molecule has 1 N–H and O–H groups in total. The monoisotopic (exact) mass is 414 g/mol. The molecule has 0 unspecified atom stereocenters. The lowest BCUT2D eigenvalue weighted by atomic mass is 10.2. The first kappa shape index (κ1) is 22.0. The van der Waals surface area contributed by atoms with Crippen LogP contribution in [-0.4, -0.2) is 72.7 Å². The lowest BCUT2D eigenvalue weighted by Crippen LogP contribution is -2.50. The largest absolute Gasteiger partial charge is 0.381 e. The van der Waals surface area contributed by atoms with Gasteiger partial charge in [0.05, 0.1) is 13.2 Å². The average molecular weight is 415 g/mol. The van der Waals surface area contributed by atoms with Crippen LogP contribution in [0.5, 0.6) is 0 Å². The molecule has 0 bridgehead atoms. The fraction of sp³-hybridized carbons (Fsp3) is 0.500. The number of amides is 2. The molecule has 1 aromatic carbocycles. The topological polar surface area (TPSA) is 87.9 Å². The van der Waals surface area contributed by atoms with Crippen molar-refractivity contribution in [2.75, 3.05) is 51.3 Å². The molecule has 0 radical (unpaired) electrons. The molecule has 8 heteroatoms. The second kappa shape index (κ2) is 11.5. The number of rotatable bonds is 10. The smallest absolute Gasteiger partial charge is 0.239 e. The maximum atomic E-state index is 12.4. The molecule has 3 rings (SSSR count). The first-order valence-corrected chi connectivity index (χ1v) is 10.4. The van der Waals surface area contributed by atoms with Crippen molar-refractivity contribution in [1.29, 1.82) is 0 Å². The lowest BCUT2D eigenvalue weighted by Gasteiger charge is -2.34. The number of nitrogens with zero attached hydrogens (tertiary/aromatic N) is 3. The van der Waals surface area contributed by atoms with Crippen molar-refractivity contribution in [2.45, 2.75) is 26.2 Å². The SMILES string of the molecule is Cc1cc(NC(=O)CN2CCN(C(=O)CCCOCCc3ccccc3)CC2)no1. The van der Waals surface area contributed by atoms with Crippen LogP contribution in [0.2, 0.25) is 0 Å². The van der Waals surface area contributed by atoms with E-state index in [1.807, 2.05) is 28.0 Å². The standard InChI is InChI=1S/C22H30N4O4/c1-18-16-20(24-30-18)23-21(27)17-25-10-12-26(13-11-25)22(28)8-5-14-29-15-9-19-6-3-2-4-7-19/h2-4,6-7,16H,5,8-15,17H2,1H3,(H,23,24,27). The van der Waals surface area contributed by atoms with Crippen molar-refractivity contribution < 1.29 is 18.8 Å². The van der Waals surface area contributed by atoms with Crippen LogP contribution >= 0.6 is 0 Å². The Morgan fingerprint density at radius 2 is 1.90 bits per heavy atom. The number of benzene rings is 1. The number of aryl methyl sites for hydroxylation is 1. The molecule has 2 heterocycles. The van der Waals surface area contributed by atoms with Crippen LogP contribution in [0.3, 0.4) is 0 Å². The Kier molecular flexibility index (Phi) is 8.41. The van der Waals surface area contributed by atoms with Crippen LogP contribution < -0.4 is 5.32 Å². The molecule has 2 amide bonds. The van der Waals surface area contributed by atoms with Gasteiger partial charge in [0.15, 0.2) is 5.82 Å². The fourth-order valence-corrected chi connectivity index (χ4v) is 3.39. The zero-order chi connectivity index (χ0) is 21.2. The quantitative estimate of drug-likeness (QED) is 0.599. The highest BCUT2D eigenvalue weighted by Crippen LogP contribution is 2.09. The van der Waals surface area contributed by atoms with E-state index >= 15 is 0 Å². The van der Waals surface area contributed by atoms with E-state index in [0.717, 1.165) is 12.8 Å². The second-order valence-electron chi connectivity index (χ2n) is 7.48. The summed E-state index contributed by atoms with van der Waals surface area (Å²) in [6.45, 7) is 5.98. The summed E-state index contributed by atoms with van der Waals surface area (Å²) in [4.78, 5) is 28.4. The summed E-state index contributed by atoms with van der Waals surface area (Å²) in [6, 6.07) is 11.9. The molecular weight excluding hydrogens is 384 g/mol. The zero-order valence-electron chi connectivity index (χ0n) is 17.5. The van der Waals surface area contributed by atoms with Crippen molar-refractivity contribution in [3.8, 4) is 0 Å². The summed E-state index contributed by atoms with van der Waals surface area (Å²) in [5, 5.41) is 6.48. The van der Waals surface area contributed by atoms with Crippen LogP contribution in [0.1, 0.15) is 24.2 Å². The Labute approximate surface area is 177 Å². The zero-order valence-corrected chi connectivity index (χ0v) is 17.5. The average Bonchev–Trinajstić information content (AvgIpc) is 3.16. The van der Waals surface area contributed by atoms with Crippen molar-refractivity contribution in [1.82, 2.24) is 15.0 Å². The Morgan fingerprint density at radius 1 is 1.13 bits per heavy atom. The van der Waals surface area contributed by atoms with Crippen molar-refractivity contribution in [3.05, 3.63) is 47.7 Å². The van der Waals surface area contributed by atoms with Gasteiger partial charge in [-0.15, -0.1) is 0 Å². The summed E-state index contributed by atoms with van der Waals surface area (Å²) in [6.07, 6.45) is 2.12. The number of piperazine rings is 1. The van der Waals surface area contributed by atoms with E-state index in [9.17, 15) is 9.59 Å². The Bertz CT molecular complexity index is 800. The number of nitrogens with one attached hydrogen (secondary N) is 1. The molecule has 162 valence electrons. The molecule has 30 heavy (non-hydrogen) atoms. The van der Waals surface area contributed by atoms with Crippen LogP contribution in [0.4, 0.5) is 5.82 Å². The van der Waals surface area contributed by atoms with Crippen molar-refractivity contribution in [2.24, 2.45) is 0 Å². The van der Waals surface area contributed by atoms with E-state index < -0.39 is 0 Å². The van der Waals surface area contributed by atoms with Gasteiger partial charge in [0, 0.05) is 45.3 Å². The first-order chi connectivity index (χ1) is 14.6. The molecule has 0 spiro atoms. The number of ether oxygens (including phenoxy) is 1. The third kappa shape index (κ3) is 7.27. The van der Waals surface area contributed by atoms with Gasteiger partial charge in [-0.25, -0.2) is 0 Å². The van der Waals surface area contributed by atoms with Crippen molar-refractivity contribution in [3.63, 3.8) is 0 Å². The Hall–Kier alpha value is -2.71. The van der Waals surface area contributed by atoms with Crippen LogP contribution in [0.25, 0.3) is 0 Å². The molecule has 0 atom stereocenters. The molecule has 8 nitrogen and oxygen atoms in total. The van der Waals surface area contributed by atoms with Crippen molar-refractivity contribution >= 4 is 17.6 Å². The first-order valence-electron chi connectivity index (χ1n) is 10.4. The van der Waals surface area contributed by atoms with Crippen LogP contribution in [0.15, 0.2) is 40.9 Å². The molecule has 1 saturated heterocycles. The van der Waals surface area contributed by atoms with E-state index in [0.29, 0.717) is 57.4 Å². The van der Waals surface area contributed by atoms with Gasteiger partial charge in [0.2, 0.25) is 11.8 Å². The highest BCUT2D eigenvalue weighted by Gasteiger charge is 2.22. The third-order valence-corrected chi connectivity index (χ3v) is 5.04. The van der Waals surface area contributed by atoms with Gasteiger partial charge in [-0.05, 0) is 25.3 Å². The predicted molar refractivity (Wildman–Crippen MR) is 113 cm³/mol. The fourth-order valence-electron chi connectivity index (χ4n) is 3.39. The molecule has 0 aliphatic carbocycles. The van der Waals surface area contributed by atoms with E-state index in [-0.39, 0.29) is 18.4 Å². The van der Waals surface area contributed by atoms with Crippen LogP contribution in [0, 0.1) is 6.92 Å². The lowest BCUT2D eigenvalue weighted by molar-refractivity contribution is -0.133.